The van der Waals surface area contributed by atoms with Gasteiger partial charge in [-0.25, -0.2) is 4.98 Å². The van der Waals surface area contributed by atoms with Crippen molar-refractivity contribution in [2.75, 3.05) is 11.4 Å². The highest BCUT2D eigenvalue weighted by Gasteiger charge is 2.40. The fraction of sp³-hybridized carbons (Fsp3) is 0.261. The molecule has 0 unspecified atom stereocenters. The molecule has 0 radical (unpaired) electrons. The number of anilines is 1. The van der Waals surface area contributed by atoms with Gasteiger partial charge in [0.1, 0.15) is 5.82 Å². The topological polar surface area (TPSA) is 16.1 Å². The van der Waals surface area contributed by atoms with Crippen LogP contribution >= 0.6 is 0 Å². The van der Waals surface area contributed by atoms with Crippen LogP contribution in [0.5, 0.6) is 0 Å². The van der Waals surface area contributed by atoms with E-state index in [1.54, 1.807) is 12.3 Å². The van der Waals surface area contributed by atoms with E-state index >= 15 is 0 Å². The molecule has 0 aliphatic carbocycles. The van der Waals surface area contributed by atoms with Gasteiger partial charge in [-0.15, -0.1) is 0 Å². The summed E-state index contributed by atoms with van der Waals surface area (Å²) in [5, 5.41) is 0. The van der Waals surface area contributed by atoms with Gasteiger partial charge >= 0.3 is 6.18 Å². The minimum absolute atomic E-state index is 0.303. The Balaban J connectivity index is 1.64. The van der Waals surface area contributed by atoms with Crippen molar-refractivity contribution in [3.63, 3.8) is 0 Å². The molecule has 5 heteroatoms. The van der Waals surface area contributed by atoms with E-state index in [1.165, 1.54) is 17.7 Å². The number of hydrogen-bond donors (Lipinski definition) is 0. The molecule has 28 heavy (non-hydrogen) atoms. The van der Waals surface area contributed by atoms with E-state index in [2.05, 4.69) is 28.9 Å². The average Bonchev–Trinajstić information content (AvgIpc) is 2.94. The van der Waals surface area contributed by atoms with E-state index < -0.39 is 11.7 Å². The fourth-order valence-electron chi connectivity index (χ4n) is 4.10. The maximum Gasteiger partial charge on any atom is 0.416 e. The summed E-state index contributed by atoms with van der Waals surface area (Å²) >= 11 is 0. The highest BCUT2D eigenvalue weighted by Crippen LogP contribution is 2.42. The number of aromatic nitrogens is 1. The van der Waals surface area contributed by atoms with Crippen molar-refractivity contribution < 1.29 is 13.2 Å². The monoisotopic (exact) mass is 382 g/mol. The standard InChI is InChI=1S/C23H21F3N2/c1-22(14-18-9-5-10-19(13-18)23(24,25)26)16-28(15-17-7-3-2-4-8-17)21-20(22)11-6-12-27-21/h2-13H,14-16H2,1H3/t22-/m1/s1. The van der Waals surface area contributed by atoms with Crippen LogP contribution in [-0.4, -0.2) is 11.5 Å². The van der Waals surface area contributed by atoms with Crippen molar-refractivity contribution in [1.29, 1.82) is 0 Å². The largest absolute Gasteiger partial charge is 0.416 e. The summed E-state index contributed by atoms with van der Waals surface area (Å²) in [5.41, 5.74) is 2.06. The molecule has 2 aromatic carbocycles. The predicted molar refractivity (Wildman–Crippen MR) is 104 cm³/mol. The lowest BCUT2D eigenvalue weighted by atomic mass is 9.79. The first kappa shape index (κ1) is 18.5. The van der Waals surface area contributed by atoms with Gasteiger partial charge in [-0.05, 0) is 29.7 Å². The molecular formula is C23H21F3N2. The zero-order valence-corrected chi connectivity index (χ0v) is 15.6. The number of rotatable bonds is 4. The molecule has 0 amide bonds. The van der Waals surface area contributed by atoms with Crippen LogP contribution < -0.4 is 4.90 Å². The van der Waals surface area contributed by atoms with Crippen molar-refractivity contribution in [3.05, 3.63) is 95.2 Å². The second kappa shape index (κ2) is 6.97. The number of alkyl halides is 3. The van der Waals surface area contributed by atoms with E-state index in [0.29, 0.717) is 18.5 Å². The zero-order valence-electron chi connectivity index (χ0n) is 15.6. The molecule has 1 aromatic heterocycles. The van der Waals surface area contributed by atoms with Crippen molar-refractivity contribution in [1.82, 2.24) is 4.98 Å². The van der Waals surface area contributed by atoms with Gasteiger partial charge in [0.15, 0.2) is 0 Å². The Hall–Kier alpha value is -2.82. The third kappa shape index (κ3) is 3.61. The molecule has 0 N–H and O–H groups in total. The van der Waals surface area contributed by atoms with Crippen LogP contribution in [0.25, 0.3) is 0 Å². The lowest BCUT2D eigenvalue weighted by Gasteiger charge is -2.27. The molecule has 0 spiro atoms. The van der Waals surface area contributed by atoms with Crippen molar-refractivity contribution in [2.24, 2.45) is 0 Å². The molecule has 1 atom stereocenters. The van der Waals surface area contributed by atoms with Crippen LogP contribution in [0.2, 0.25) is 0 Å². The summed E-state index contributed by atoms with van der Waals surface area (Å²) in [4.78, 5) is 6.80. The quantitative estimate of drug-likeness (QED) is 0.582. The summed E-state index contributed by atoms with van der Waals surface area (Å²) in [6.07, 6.45) is -2.03. The fourth-order valence-corrected chi connectivity index (χ4v) is 4.10. The summed E-state index contributed by atoms with van der Waals surface area (Å²) in [6, 6.07) is 19.7. The third-order valence-electron chi connectivity index (χ3n) is 5.34. The van der Waals surface area contributed by atoms with Gasteiger partial charge in [-0.3, -0.25) is 0 Å². The molecular weight excluding hydrogens is 361 g/mol. The summed E-state index contributed by atoms with van der Waals surface area (Å²) in [7, 11) is 0. The highest BCUT2D eigenvalue weighted by molar-refractivity contribution is 5.58. The van der Waals surface area contributed by atoms with Crippen LogP contribution in [0.15, 0.2) is 72.9 Å². The van der Waals surface area contributed by atoms with Gasteiger partial charge in [-0.1, -0.05) is 61.5 Å². The Labute approximate surface area is 162 Å². The summed E-state index contributed by atoms with van der Waals surface area (Å²) in [5.74, 6) is 0.917. The average molecular weight is 382 g/mol. The number of hydrogen-bond acceptors (Lipinski definition) is 2. The molecule has 3 aromatic rings. The summed E-state index contributed by atoms with van der Waals surface area (Å²) in [6.45, 7) is 3.55. The van der Waals surface area contributed by atoms with Crippen LogP contribution in [0.1, 0.15) is 29.2 Å². The Morgan fingerprint density at radius 3 is 2.46 bits per heavy atom. The number of nitrogens with zero attached hydrogens (tertiary/aromatic N) is 2. The normalized spacial score (nSPS) is 18.9. The van der Waals surface area contributed by atoms with Gasteiger partial charge in [0.05, 0.1) is 5.56 Å². The van der Waals surface area contributed by atoms with E-state index in [9.17, 15) is 13.2 Å². The maximum atomic E-state index is 13.1. The van der Waals surface area contributed by atoms with Crippen LogP contribution in [0.3, 0.4) is 0 Å². The first-order valence-electron chi connectivity index (χ1n) is 9.26. The van der Waals surface area contributed by atoms with Gasteiger partial charge in [0, 0.05) is 30.3 Å². The number of benzene rings is 2. The molecule has 2 nitrogen and oxygen atoms in total. The molecule has 0 bridgehead atoms. The van der Waals surface area contributed by atoms with E-state index in [4.69, 9.17) is 0 Å². The van der Waals surface area contributed by atoms with Crippen LogP contribution in [0.4, 0.5) is 19.0 Å². The maximum absolute atomic E-state index is 13.1. The molecule has 2 heterocycles. The Morgan fingerprint density at radius 1 is 0.964 bits per heavy atom. The lowest BCUT2D eigenvalue weighted by molar-refractivity contribution is -0.137. The minimum atomic E-state index is -4.33. The minimum Gasteiger partial charge on any atom is -0.351 e. The van der Waals surface area contributed by atoms with Gasteiger partial charge < -0.3 is 4.90 Å². The van der Waals surface area contributed by atoms with Gasteiger partial charge in [-0.2, -0.15) is 13.2 Å². The smallest absolute Gasteiger partial charge is 0.351 e. The van der Waals surface area contributed by atoms with Crippen LogP contribution in [0, 0.1) is 0 Å². The third-order valence-corrected chi connectivity index (χ3v) is 5.34. The van der Waals surface area contributed by atoms with Crippen molar-refractivity contribution in [2.45, 2.75) is 31.5 Å². The molecule has 0 saturated carbocycles. The predicted octanol–water partition coefficient (Wildman–Crippen LogP) is 5.62. The highest BCUT2D eigenvalue weighted by atomic mass is 19.4. The number of halogens is 3. The first-order valence-corrected chi connectivity index (χ1v) is 9.26. The first-order chi connectivity index (χ1) is 13.4. The zero-order chi connectivity index (χ0) is 19.8. The lowest BCUT2D eigenvalue weighted by Crippen LogP contribution is -2.32. The molecule has 4 rings (SSSR count). The molecule has 1 aliphatic rings. The van der Waals surface area contributed by atoms with Gasteiger partial charge in [0.2, 0.25) is 0 Å². The molecule has 144 valence electrons. The molecule has 0 fully saturated rings. The second-order valence-corrected chi connectivity index (χ2v) is 7.65. The van der Waals surface area contributed by atoms with Crippen LogP contribution in [-0.2, 0) is 24.6 Å². The second-order valence-electron chi connectivity index (χ2n) is 7.65. The van der Waals surface area contributed by atoms with Crippen molar-refractivity contribution >= 4 is 5.82 Å². The molecule has 1 aliphatic heterocycles. The molecule has 0 saturated heterocycles. The van der Waals surface area contributed by atoms with E-state index in [0.717, 1.165) is 24.0 Å². The number of pyridine rings is 1. The van der Waals surface area contributed by atoms with E-state index in [-0.39, 0.29) is 5.41 Å². The van der Waals surface area contributed by atoms with Gasteiger partial charge in [0.25, 0.3) is 0 Å². The van der Waals surface area contributed by atoms with E-state index in [1.807, 2.05) is 30.3 Å². The Kier molecular flexibility index (Phi) is 4.61. The number of fused-ring (bicyclic) bond motifs is 1. The SMILES string of the molecule is C[C@@]1(Cc2cccc(C(F)(F)F)c2)CN(Cc2ccccc2)c2ncccc21. The van der Waals surface area contributed by atoms with Crippen molar-refractivity contribution in [3.8, 4) is 0 Å². The summed E-state index contributed by atoms with van der Waals surface area (Å²) < 4.78 is 39.3. The Morgan fingerprint density at radius 2 is 1.71 bits per heavy atom. The Bertz CT molecular complexity index is 969.